The summed E-state index contributed by atoms with van der Waals surface area (Å²) in [5, 5.41) is 0. The third-order valence-electron chi connectivity index (χ3n) is 5.17. The van der Waals surface area contributed by atoms with Crippen molar-refractivity contribution in [3.05, 3.63) is 35.6 Å². The molecule has 22 heavy (non-hydrogen) atoms. The van der Waals surface area contributed by atoms with Crippen molar-refractivity contribution in [2.75, 3.05) is 26.7 Å². The van der Waals surface area contributed by atoms with Crippen LogP contribution in [0, 0.1) is 17.2 Å². The molecule has 3 rings (SSSR count). The minimum Gasteiger partial charge on any atom is -0.345 e. The highest BCUT2D eigenvalue weighted by Crippen LogP contribution is 2.44. The lowest BCUT2D eigenvalue weighted by Crippen LogP contribution is -2.39. The number of likely N-dealkylation sites (tertiary alicyclic amines) is 2. The molecule has 2 heterocycles. The Balaban J connectivity index is 1.72. The maximum Gasteiger partial charge on any atom is 0.230 e. The van der Waals surface area contributed by atoms with E-state index in [0.717, 1.165) is 13.0 Å². The molecule has 0 bridgehead atoms. The van der Waals surface area contributed by atoms with Crippen LogP contribution in [0.4, 0.5) is 4.39 Å². The maximum absolute atomic E-state index is 13.2. The van der Waals surface area contributed by atoms with Gasteiger partial charge in [0, 0.05) is 26.7 Å². The lowest BCUT2D eigenvalue weighted by Gasteiger charge is -2.25. The van der Waals surface area contributed by atoms with E-state index < -0.39 is 5.41 Å². The van der Waals surface area contributed by atoms with Crippen LogP contribution in [0.2, 0.25) is 0 Å². The molecular formula is C17H21FN2O2. The van der Waals surface area contributed by atoms with Crippen LogP contribution in [0.3, 0.4) is 0 Å². The van der Waals surface area contributed by atoms with Crippen molar-refractivity contribution in [3.8, 4) is 0 Å². The van der Waals surface area contributed by atoms with Gasteiger partial charge in [0.25, 0.3) is 0 Å². The highest BCUT2D eigenvalue weighted by Gasteiger charge is 2.54. The summed E-state index contributed by atoms with van der Waals surface area (Å²) >= 11 is 0. The van der Waals surface area contributed by atoms with Crippen LogP contribution in [0.25, 0.3) is 0 Å². The van der Waals surface area contributed by atoms with E-state index in [4.69, 9.17) is 0 Å². The quantitative estimate of drug-likeness (QED) is 0.834. The molecule has 2 fully saturated rings. The first-order valence-electron chi connectivity index (χ1n) is 7.70. The van der Waals surface area contributed by atoms with Gasteiger partial charge in [0.2, 0.25) is 11.8 Å². The van der Waals surface area contributed by atoms with Gasteiger partial charge < -0.3 is 9.80 Å². The molecule has 1 aromatic rings. The van der Waals surface area contributed by atoms with Gasteiger partial charge in [0.1, 0.15) is 5.82 Å². The minimum atomic E-state index is -0.410. The molecule has 0 aliphatic carbocycles. The first kappa shape index (κ1) is 15.0. The third-order valence-corrected chi connectivity index (χ3v) is 5.17. The minimum absolute atomic E-state index is 0.0309. The second kappa shape index (κ2) is 5.38. The van der Waals surface area contributed by atoms with E-state index in [1.54, 1.807) is 21.9 Å². The summed E-state index contributed by atoms with van der Waals surface area (Å²) in [6.07, 6.45) is 0.998. The standard InChI is InChI=1S/C17H21FN2O2/c1-12-10-20(11-17(12)6-7-19(2)16(17)22)15(21)9-13-4-3-5-14(18)8-13/h3-5,8,12H,6-7,9-11H2,1-2H3/t12-,17-/m1/s1. The Hall–Kier alpha value is -1.91. The highest BCUT2D eigenvalue weighted by atomic mass is 19.1. The van der Waals surface area contributed by atoms with Crippen molar-refractivity contribution in [1.29, 1.82) is 0 Å². The van der Waals surface area contributed by atoms with Gasteiger partial charge in [0.05, 0.1) is 11.8 Å². The van der Waals surface area contributed by atoms with Crippen LogP contribution in [-0.4, -0.2) is 48.3 Å². The first-order chi connectivity index (χ1) is 10.4. The fourth-order valence-electron chi connectivity index (χ4n) is 3.75. The van der Waals surface area contributed by atoms with E-state index in [1.165, 1.54) is 12.1 Å². The molecule has 0 N–H and O–H groups in total. The molecule has 2 aliphatic heterocycles. The number of carbonyl (C=O) groups is 2. The number of carbonyl (C=O) groups excluding carboxylic acids is 2. The Morgan fingerprint density at radius 2 is 2.23 bits per heavy atom. The zero-order valence-corrected chi connectivity index (χ0v) is 13.0. The number of benzene rings is 1. The Labute approximate surface area is 129 Å². The smallest absolute Gasteiger partial charge is 0.230 e. The molecule has 2 amide bonds. The van der Waals surface area contributed by atoms with Gasteiger partial charge in [-0.1, -0.05) is 19.1 Å². The zero-order valence-electron chi connectivity index (χ0n) is 13.0. The molecule has 2 saturated heterocycles. The monoisotopic (exact) mass is 304 g/mol. The van der Waals surface area contributed by atoms with Gasteiger partial charge >= 0.3 is 0 Å². The summed E-state index contributed by atoms with van der Waals surface area (Å²) in [5.41, 5.74) is 0.264. The lowest BCUT2D eigenvalue weighted by molar-refractivity contribution is -0.136. The van der Waals surface area contributed by atoms with Crippen LogP contribution in [-0.2, 0) is 16.0 Å². The predicted octanol–water partition coefficient (Wildman–Crippen LogP) is 1.70. The summed E-state index contributed by atoms with van der Waals surface area (Å²) in [6.45, 7) is 3.90. The van der Waals surface area contributed by atoms with Crippen molar-refractivity contribution < 1.29 is 14.0 Å². The van der Waals surface area contributed by atoms with Crippen LogP contribution in [0.1, 0.15) is 18.9 Å². The van der Waals surface area contributed by atoms with E-state index in [9.17, 15) is 14.0 Å². The fourth-order valence-corrected chi connectivity index (χ4v) is 3.75. The second-order valence-electron chi connectivity index (χ2n) is 6.61. The average molecular weight is 304 g/mol. The highest BCUT2D eigenvalue weighted by molar-refractivity contribution is 5.87. The van der Waals surface area contributed by atoms with Gasteiger partial charge in [-0.15, -0.1) is 0 Å². The normalized spacial score (nSPS) is 28.0. The van der Waals surface area contributed by atoms with Crippen molar-refractivity contribution in [2.45, 2.75) is 19.8 Å². The van der Waals surface area contributed by atoms with Crippen LogP contribution in [0.15, 0.2) is 24.3 Å². The average Bonchev–Trinajstić information content (AvgIpc) is 2.95. The van der Waals surface area contributed by atoms with Crippen LogP contribution >= 0.6 is 0 Å². The third kappa shape index (κ3) is 2.38. The molecule has 1 aromatic carbocycles. The van der Waals surface area contributed by atoms with Gasteiger partial charge in [-0.2, -0.15) is 0 Å². The molecule has 4 nitrogen and oxygen atoms in total. The number of amides is 2. The summed E-state index contributed by atoms with van der Waals surface area (Å²) in [4.78, 5) is 28.5. The van der Waals surface area contributed by atoms with E-state index in [0.29, 0.717) is 18.7 Å². The summed E-state index contributed by atoms with van der Waals surface area (Å²) in [5.74, 6) is -0.0386. The number of hydrogen-bond donors (Lipinski definition) is 0. The maximum atomic E-state index is 13.2. The lowest BCUT2D eigenvalue weighted by atomic mass is 9.78. The molecule has 0 radical (unpaired) electrons. The number of nitrogens with zero attached hydrogens (tertiary/aromatic N) is 2. The Bertz CT molecular complexity index is 618. The van der Waals surface area contributed by atoms with E-state index >= 15 is 0 Å². The van der Waals surface area contributed by atoms with Gasteiger partial charge in [-0.25, -0.2) is 4.39 Å². The SMILES string of the molecule is C[C@@H]1CN(C(=O)Cc2cccc(F)c2)C[C@]12CCN(C)C2=O. The summed E-state index contributed by atoms with van der Waals surface area (Å²) < 4.78 is 13.2. The van der Waals surface area contributed by atoms with E-state index in [-0.39, 0.29) is 30.0 Å². The second-order valence-corrected chi connectivity index (χ2v) is 6.61. The molecular weight excluding hydrogens is 283 g/mol. The molecule has 118 valence electrons. The Morgan fingerprint density at radius 1 is 1.45 bits per heavy atom. The van der Waals surface area contributed by atoms with Crippen molar-refractivity contribution in [3.63, 3.8) is 0 Å². The number of hydrogen-bond acceptors (Lipinski definition) is 2. The number of rotatable bonds is 2. The van der Waals surface area contributed by atoms with E-state index in [2.05, 4.69) is 0 Å². The van der Waals surface area contributed by atoms with Gasteiger partial charge in [0.15, 0.2) is 0 Å². The van der Waals surface area contributed by atoms with Gasteiger partial charge in [-0.05, 0) is 30.0 Å². The molecule has 0 aromatic heterocycles. The predicted molar refractivity (Wildman–Crippen MR) is 80.5 cm³/mol. The number of halogens is 1. The fraction of sp³-hybridized carbons (Fsp3) is 0.529. The molecule has 0 saturated carbocycles. The van der Waals surface area contributed by atoms with Crippen LogP contribution < -0.4 is 0 Å². The molecule has 2 aliphatic rings. The van der Waals surface area contributed by atoms with Crippen LogP contribution in [0.5, 0.6) is 0 Å². The summed E-state index contributed by atoms with van der Waals surface area (Å²) in [7, 11) is 1.82. The first-order valence-corrected chi connectivity index (χ1v) is 7.70. The van der Waals surface area contributed by atoms with E-state index in [1.807, 2.05) is 14.0 Å². The Morgan fingerprint density at radius 3 is 2.86 bits per heavy atom. The largest absolute Gasteiger partial charge is 0.345 e. The van der Waals surface area contributed by atoms with Crippen molar-refractivity contribution in [2.24, 2.45) is 11.3 Å². The molecule has 2 atom stereocenters. The van der Waals surface area contributed by atoms with Crippen molar-refractivity contribution in [1.82, 2.24) is 9.80 Å². The topological polar surface area (TPSA) is 40.6 Å². The summed E-state index contributed by atoms with van der Waals surface area (Å²) in [6, 6.07) is 6.13. The Kier molecular flexibility index (Phi) is 3.67. The molecule has 0 unspecified atom stereocenters. The van der Waals surface area contributed by atoms with Gasteiger partial charge in [-0.3, -0.25) is 9.59 Å². The molecule has 5 heteroatoms. The molecule has 1 spiro atoms. The van der Waals surface area contributed by atoms with Crippen molar-refractivity contribution >= 4 is 11.8 Å². The zero-order chi connectivity index (χ0) is 15.9.